The molecule has 0 aliphatic carbocycles. The second-order valence-electron chi connectivity index (χ2n) is 6.91. The van der Waals surface area contributed by atoms with Crippen molar-refractivity contribution in [3.8, 4) is 11.5 Å². The number of unbranched alkanes of at least 4 members (excludes halogenated alkanes) is 3. The van der Waals surface area contributed by atoms with Crippen LogP contribution in [0.3, 0.4) is 0 Å². The summed E-state index contributed by atoms with van der Waals surface area (Å²) in [6, 6.07) is 6.01. The van der Waals surface area contributed by atoms with Crippen molar-refractivity contribution in [3.63, 3.8) is 0 Å². The lowest BCUT2D eigenvalue weighted by atomic mass is 10.1. The van der Waals surface area contributed by atoms with E-state index in [-0.39, 0.29) is 24.3 Å². The van der Waals surface area contributed by atoms with Gasteiger partial charge in [0.05, 0.1) is 5.56 Å². The van der Waals surface area contributed by atoms with Crippen LogP contribution in [0.15, 0.2) is 36.4 Å². The van der Waals surface area contributed by atoms with Gasteiger partial charge in [-0.3, -0.25) is 9.59 Å². The highest BCUT2D eigenvalue weighted by Gasteiger charge is 2.34. The number of rotatable bonds is 9. The molecule has 0 amide bonds. The van der Waals surface area contributed by atoms with Crippen molar-refractivity contribution in [2.45, 2.75) is 51.6 Å². The largest absolute Gasteiger partial charge is 0.427 e. The average Bonchev–Trinajstić information content (AvgIpc) is 2.68. The van der Waals surface area contributed by atoms with Crippen LogP contribution in [-0.2, 0) is 15.8 Å². The van der Waals surface area contributed by atoms with Gasteiger partial charge in [-0.25, -0.2) is 8.78 Å². The summed E-state index contributed by atoms with van der Waals surface area (Å²) in [5, 5.41) is 0. The second kappa shape index (κ2) is 10.9. The summed E-state index contributed by atoms with van der Waals surface area (Å²) >= 11 is 0. The monoisotopic (exact) mass is 444 g/mol. The maximum Gasteiger partial charge on any atom is 0.419 e. The predicted octanol–water partition coefficient (Wildman–Crippen LogP) is 6.14. The molecule has 9 heteroatoms. The van der Waals surface area contributed by atoms with Crippen LogP contribution in [0.25, 0.3) is 0 Å². The summed E-state index contributed by atoms with van der Waals surface area (Å²) in [4.78, 5) is 23.5. The fourth-order valence-corrected chi connectivity index (χ4v) is 2.72. The minimum atomic E-state index is -4.89. The third-order valence-corrected chi connectivity index (χ3v) is 4.35. The summed E-state index contributed by atoms with van der Waals surface area (Å²) in [7, 11) is 0. The molecular formula is C22H21F5O4. The number of ether oxygens (including phenoxy) is 2. The first-order valence-electron chi connectivity index (χ1n) is 9.60. The quantitative estimate of drug-likeness (QED) is 0.202. The first-order chi connectivity index (χ1) is 14.6. The zero-order valence-corrected chi connectivity index (χ0v) is 16.7. The van der Waals surface area contributed by atoms with E-state index in [0.29, 0.717) is 43.4 Å². The molecule has 0 unspecified atom stereocenters. The Balaban J connectivity index is 1.65. The smallest absolute Gasteiger partial charge is 0.419 e. The molecule has 0 aliphatic heterocycles. The lowest BCUT2D eigenvalue weighted by molar-refractivity contribution is -0.141. The average molecular weight is 444 g/mol. The number of halogens is 5. The number of hydrogen-bond acceptors (Lipinski definition) is 4. The van der Waals surface area contributed by atoms with Crippen molar-refractivity contribution >= 4 is 11.9 Å². The molecule has 0 fully saturated rings. The van der Waals surface area contributed by atoms with Crippen LogP contribution in [0.1, 0.15) is 49.7 Å². The van der Waals surface area contributed by atoms with Crippen molar-refractivity contribution in [1.29, 1.82) is 0 Å². The molecule has 168 valence electrons. The maximum atomic E-state index is 13.2. The van der Waals surface area contributed by atoms with Gasteiger partial charge in [0, 0.05) is 12.8 Å². The number of carbonyl (C=O) groups excluding carboxylic acids is 2. The van der Waals surface area contributed by atoms with Gasteiger partial charge < -0.3 is 9.47 Å². The first kappa shape index (κ1) is 24.3. The number of esters is 2. The van der Waals surface area contributed by atoms with Crippen LogP contribution in [0.4, 0.5) is 22.0 Å². The molecule has 0 spiro atoms. The summed E-state index contributed by atoms with van der Waals surface area (Å²) in [6.07, 6.45) is -2.62. The highest BCUT2D eigenvalue weighted by molar-refractivity contribution is 5.72. The lowest BCUT2D eigenvalue weighted by Crippen LogP contribution is -2.11. The van der Waals surface area contributed by atoms with Crippen LogP contribution < -0.4 is 9.47 Å². The van der Waals surface area contributed by atoms with Crippen molar-refractivity contribution in [2.24, 2.45) is 0 Å². The second-order valence-corrected chi connectivity index (χ2v) is 6.91. The third-order valence-electron chi connectivity index (χ3n) is 4.35. The molecule has 0 N–H and O–H groups in total. The third kappa shape index (κ3) is 7.99. The molecule has 0 saturated heterocycles. The summed E-state index contributed by atoms with van der Waals surface area (Å²) < 4.78 is 74.4. The van der Waals surface area contributed by atoms with E-state index < -0.39 is 35.3 Å². The van der Waals surface area contributed by atoms with Crippen LogP contribution >= 0.6 is 0 Å². The molecule has 2 rings (SSSR count). The Kier molecular flexibility index (Phi) is 8.53. The molecule has 0 aromatic heterocycles. The maximum absolute atomic E-state index is 13.2. The Morgan fingerprint density at radius 1 is 0.774 bits per heavy atom. The van der Waals surface area contributed by atoms with Gasteiger partial charge in [0.25, 0.3) is 0 Å². The van der Waals surface area contributed by atoms with Gasteiger partial charge >= 0.3 is 18.1 Å². The zero-order chi connectivity index (χ0) is 23.0. The summed E-state index contributed by atoms with van der Waals surface area (Å²) in [5.74, 6) is -3.13. The minimum Gasteiger partial charge on any atom is -0.427 e. The molecule has 2 aromatic rings. The SMILES string of the molecule is Cc1cc(OC(=O)CCCCCCC(=O)Oc2ccc(F)c(C(F)(F)F)c2)ccc1F. The molecule has 0 atom stereocenters. The topological polar surface area (TPSA) is 52.6 Å². The van der Waals surface area contributed by atoms with Crippen molar-refractivity contribution in [1.82, 2.24) is 0 Å². The van der Waals surface area contributed by atoms with E-state index >= 15 is 0 Å². The Morgan fingerprint density at radius 2 is 1.26 bits per heavy atom. The van der Waals surface area contributed by atoms with Crippen molar-refractivity contribution < 1.29 is 41.0 Å². The Morgan fingerprint density at radius 3 is 1.74 bits per heavy atom. The van der Waals surface area contributed by atoms with E-state index in [1.807, 2.05) is 0 Å². The molecule has 0 saturated carbocycles. The number of hydrogen-bond donors (Lipinski definition) is 0. The Labute approximate surface area is 176 Å². The first-order valence-corrected chi connectivity index (χ1v) is 9.60. The minimum absolute atomic E-state index is 0.0297. The Bertz CT molecular complexity index is 925. The molecule has 0 aliphatic rings. The van der Waals surface area contributed by atoms with Crippen LogP contribution in [0.5, 0.6) is 11.5 Å². The molecular weight excluding hydrogens is 423 g/mol. The normalized spacial score (nSPS) is 11.3. The highest BCUT2D eigenvalue weighted by Crippen LogP contribution is 2.33. The van der Waals surface area contributed by atoms with E-state index in [1.165, 1.54) is 18.2 Å². The fraction of sp³-hybridized carbons (Fsp3) is 0.364. The number of carbonyl (C=O) groups is 2. The lowest BCUT2D eigenvalue weighted by Gasteiger charge is -2.10. The van der Waals surface area contributed by atoms with Crippen LogP contribution in [0, 0.1) is 18.6 Å². The van der Waals surface area contributed by atoms with E-state index in [2.05, 4.69) is 0 Å². The fourth-order valence-electron chi connectivity index (χ4n) is 2.72. The van der Waals surface area contributed by atoms with Gasteiger partial charge in [-0.15, -0.1) is 0 Å². The Hall–Kier alpha value is -2.97. The number of alkyl halides is 3. The van der Waals surface area contributed by atoms with Gasteiger partial charge in [0.15, 0.2) is 0 Å². The van der Waals surface area contributed by atoms with E-state index in [9.17, 15) is 31.5 Å². The van der Waals surface area contributed by atoms with Crippen molar-refractivity contribution in [3.05, 3.63) is 59.2 Å². The van der Waals surface area contributed by atoms with Gasteiger partial charge in [-0.2, -0.15) is 13.2 Å². The van der Waals surface area contributed by atoms with Crippen molar-refractivity contribution in [2.75, 3.05) is 0 Å². The zero-order valence-electron chi connectivity index (χ0n) is 16.7. The van der Waals surface area contributed by atoms with E-state index in [0.717, 1.165) is 6.07 Å². The standard InChI is InChI=1S/C22H21F5O4/c1-14-12-15(8-10-18(14)23)30-20(28)6-4-2-3-5-7-21(29)31-16-9-11-19(24)17(13-16)22(25,26)27/h8-13H,2-7H2,1H3. The van der Waals surface area contributed by atoms with Gasteiger partial charge in [0.1, 0.15) is 23.1 Å². The summed E-state index contributed by atoms with van der Waals surface area (Å²) in [6.45, 7) is 1.56. The molecule has 0 bridgehead atoms. The van der Waals surface area contributed by atoms with Gasteiger partial charge in [0.2, 0.25) is 0 Å². The molecule has 2 aromatic carbocycles. The summed E-state index contributed by atoms with van der Waals surface area (Å²) in [5.41, 5.74) is -1.13. The molecule has 31 heavy (non-hydrogen) atoms. The van der Waals surface area contributed by atoms with Gasteiger partial charge in [-0.05, 0) is 61.7 Å². The predicted molar refractivity (Wildman–Crippen MR) is 102 cm³/mol. The number of aryl methyl sites for hydroxylation is 1. The number of benzene rings is 2. The van der Waals surface area contributed by atoms with E-state index in [4.69, 9.17) is 9.47 Å². The highest BCUT2D eigenvalue weighted by atomic mass is 19.4. The molecule has 0 radical (unpaired) electrons. The molecule has 4 nitrogen and oxygen atoms in total. The van der Waals surface area contributed by atoms with Crippen LogP contribution in [-0.4, -0.2) is 11.9 Å². The van der Waals surface area contributed by atoms with Gasteiger partial charge in [-0.1, -0.05) is 12.8 Å². The molecule has 0 heterocycles. The van der Waals surface area contributed by atoms with E-state index in [1.54, 1.807) is 6.92 Å². The van der Waals surface area contributed by atoms with Crippen LogP contribution in [0.2, 0.25) is 0 Å².